The minimum absolute atomic E-state index is 0. The van der Waals surface area contributed by atoms with Gasteiger partial charge in [-0.2, -0.15) is 0 Å². The number of halogens is 1. The highest BCUT2D eigenvalue weighted by molar-refractivity contribution is 14.0. The van der Waals surface area contributed by atoms with Gasteiger partial charge in [-0.1, -0.05) is 30.4 Å². The van der Waals surface area contributed by atoms with Crippen LogP contribution < -0.4 is 16.0 Å². The van der Waals surface area contributed by atoms with Gasteiger partial charge in [0.2, 0.25) is 0 Å². The van der Waals surface area contributed by atoms with Crippen LogP contribution in [0.15, 0.2) is 47.5 Å². The number of benzene rings is 1. The molecule has 0 unspecified atom stereocenters. The maximum atomic E-state index is 11.9. The van der Waals surface area contributed by atoms with Crippen molar-refractivity contribution < 1.29 is 4.79 Å². The standard InChI is InChI=1S/C17H24N4O.HI/c1-18-17(21-15-10-5-6-11-15)20-13-7-12-19-16(22)14-8-3-2-4-9-14;/h2-6,8-9,15H,7,10-13H2,1H3,(H,19,22)(H2,18,20,21);1H. The molecule has 5 nitrogen and oxygen atoms in total. The van der Waals surface area contributed by atoms with Gasteiger partial charge in [-0.3, -0.25) is 9.79 Å². The first-order chi connectivity index (χ1) is 10.8. The smallest absolute Gasteiger partial charge is 0.251 e. The van der Waals surface area contributed by atoms with Crippen molar-refractivity contribution in [2.24, 2.45) is 4.99 Å². The number of aliphatic imine (C=N–C) groups is 1. The van der Waals surface area contributed by atoms with E-state index in [1.54, 1.807) is 7.05 Å². The zero-order valence-electron chi connectivity index (χ0n) is 13.4. The number of rotatable bonds is 6. The van der Waals surface area contributed by atoms with Crippen LogP contribution in [0.4, 0.5) is 0 Å². The van der Waals surface area contributed by atoms with E-state index in [1.165, 1.54) is 0 Å². The highest BCUT2D eigenvalue weighted by Crippen LogP contribution is 2.08. The molecular weight excluding hydrogens is 403 g/mol. The van der Waals surface area contributed by atoms with Crippen LogP contribution in [0.2, 0.25) is 0 Å². The SMILES string of the molecule is CN=C(NCCCNC(=O)c1ccccc1)NC1CC=CC1.I. The Labute approximate surface area is 155 Å². The number of amides is 1. The average molecular weight is 428 g/mol. The van der Waals surface area contributed by atoms with Gasteiger partial charge in [0, 0.05) is 31.7 Å². The van der Waals surface area contributed by atoms with Gasteiger partial charge in [0.15, 0.2) is 5.96 Å². The number of carbonyl (C=O) groups is 1. The van der Waals surface area contributed by atoms with E-state index in [2.05, 4.69) is 33.1 Å². The van der Waals surface area contributed by atoms with Crippen molar-refractivity contribution in [2.75, 3.05) is 20.1 Å². The number of guanidine groups is 1. The molecule has 3 N–H and O–H groups in total. The number of nitrogens with one attached hydrogen (secondary N) is 3. The van der Waals surface area contributed by atoms with E-state index in [0.29, 0.717) is 18.2 Å². The Kier molecular flexibility index (Phi) is 9.35. The fraction of sp³-hybridized carbons (Fsp3) is 0.412. The van der Waals surface area contributed by atoms with Gasteiger partial charge in [-0.15, -0.1) is 24.0 Å². The Hall–Kier alpha value is -1.57. The van der Waals surface area contributed by atoms with E-state index < -0.39 is 0 Å². The van der Waals surface area contributed by atoms with Crippen LogP contribution in [-0.2, 0) is 0 Å². The second-order valence-corrected chi connectivity index (χ2v) is 5.26. The topological polar surface area (TPSA) is 65.5 Å². The van der Waals surface area contributed by atoms with Gasteiger partial charge in [0.05, 0.1) is 0 Å². The van der Waals surface area contributed by atoms with Crippen molar-refractivity contribution in [3.8, 4) is 0 Å². The third-order valence-corrected chi connectivity index (χ3v) is 3.54. The Morgan fingerprint density at radius 2 is 1.78 bits per heavy atom. The predicted octanol–water partition coefficient (Wildman–Crippen LogP) is 2.31. The van der Waals surface area contributed by atoms with Crippen molar-refractivity contribution in [3.05, 3.63) is 48.0 Å². The summed E-state index contributed by atoms with van der Waals surface area (Å²) in [6, 6.07) is 9.71. The maximum Gasteiger partial charge on any atom is 0.251 e. The normalized spacial score (nSPS) is 14.2. The molecule has 0 atom stereocenters. The third kappa shape index (κ3) is 7.02. The summed E-state index contributed by atoms with van der Waals surface area (Å²) < 4.78 is 0. The summed E-state index contributed by atoms with van der Waals surface area (Å²) in [6.07, 6.45) is 7.32. The molecular formula is C17H25IN4O. The van der Waals surface area contributed by atoms with Gasteiger partial charge in [0.1, 0.15) is 0 Å². The molecule has 1 aromatic carbocycles. The number of carbonyl (C=O) groups excluding carboxylic acids is 1. The number of hydrogen-bond acceptors (Lipinski definition) is 2. The summed E-state index contributed by atoms with van der Waals surface area (Å²) >= 11 is 0. The van der Waals surface area contributed by atoms with Crippen LogP contribution in [0.3, 0.4) is 0 Å². The Morgan fingerprint density at radius 3 is 2.43 bits per heavy atom. The van der Waals surface area contributed by atoms with E-state index in [-0.39, 0.29) is 29.9 Å². The summed E-state index contributed by atoms with van der Waals surface area (Å²) in [6.45, 7) is 1.41. The van der Waals surface area contributed by atoms with Crippen LogP contribution in [0, 0.1) is 0 Å². The van der Waals surface area contributed by atoms with Crippen LogP contribution in [0.1, 0.15) is 29.6 Å². The first-order valence-corrected chi connectivity index (χ1v) is 7.75. The molecule has 0 saturated carbocycles. The molecule has 1 aliphatic rings. The molecule has 0 aliphatic heterocycles. The zero-order chi connectivity index (χ0) is 15.6. The first kappa shape index (κ1) is 19.5. The molecule has 1 amide bonds. The zero-order valence-corrected chi connectivity index (χ0v) is 15.7. The summed E-state index contributed by atoms with van der Waals surface area (Å²) in [5.41, 5.74) is 0.696. The fourth-order valence-electron chi connectivity index (χ4n) is 2.31. The molecule has 126 valence electrons. The Balaban J connectivity index is 0.00000264. The van der Waals surface area contributed by atoms with Crippen molar-refractivity contribution >= 4 is 35.8 Å². The Morgan fingerprint density at radius 1 is 1.13 bits per heavy atom. The molecule has 0 bridgehead atoms. The molecule has 1 aliphatic carbocycles. The lowest BCUT2D eigenvalue weighted by Gasteiger charge is -2.16. The van der Waals surface area contributed by atoms with Crippen molar-refractivity contribution in [1.82, 2.24) is 16.0 Å². The van der Waals surface area contributed by atoms with Crippen molar-refractivity contribution in [3.63, 3.8) is 0 Å². The average Bonchev–Trinajstić information content (AvgIpc) is 3.07. The van der Waals surface area contributed by atoms with Crippen LogP contribution in [0.5, 0.6) is 0 Å². The van der Waals surface area contributed by atoms with Gasteiger partial charge in [-0.05, 0) is 31.4 Å². The molecule has 0 saturated heterocycles. The van der Waals surface area contributed by atoms with Crippen LogP contribution >= 0.6 is 24.0 Å². The molecule has 0 aromatic heterocycles. The molecule has 6 heteroatoms. The third-order valence-electron chi connectivity index (χ3n) is 3.54. The molecule has 0 heterocycles. The highest BCUT2D eigenvalue weighted by Gasteiger charge is 2.11. The molecule has 0 radical (unpaired) electrons. The second-order valence-electron chi connectivity index (χ2n) is 5.26. The molecule has 0 fully saturated rings. The van der Waals surface area contributed by atoms with E-state index in [0.717, 1.165) is 31.8 Å². The summed E-state index contributed by atoms with van der Waals surface area (Å²) in [7, 11) is 1.77. The molecule has 2 rings (SSSR count). The minimum Gasteiger partial charge on any atom is -0.356 e. The highest BCUT2D eigenvalue weighted by atomic mass is 127. The van der Waals surface area contributed by atoms with Crippen LogP contribution in [-0.4, -0.2) is 38.0 Å². The number of hydrogen-bond donors (Lipinski definition) is 3. The maximum absolute atomic E-state index is 11.9. The predicted molar refractivity (Wildman–Crippen MR) is 105 cm³/mol. The lowest BCUT2D eigenvalue weighted by Crippen LogP contribution is -2.43. The van der Waals surface area contributed by atoms with Crippen molar-refractivity contribution in [1.29, 1.82) is 0 Å². The van der Waals surface area contributed by atoms with E-state index >= 15 is 0 Å². The van der Waals surface area contributed by atoms with Gasteiger partial charge >= 0.3 is 0 Å². The largest absolute Gasteiger partial charge is 0.356 e. The fourth-order valence-corrected chi connectivity index (χ4v) is 2.31. The molecule has 23 heavy (non-hydrogen) atoms. The van der Waals surface area contributed by atoms with Gasteiger partial charge < -0.3 is 16.0 Å². The second kappa shape index (κ2) is 11.0. The lowest BCUT2D eigenvalue weighted by molar-refractivity contribution is 0.0953. The molecule has 0 spiro atoms. The molecule has 1 aromatic rings. The quantitative estimate of drug-likeness (QED) is 0.214. The summed E-state index contributed by atoms with van der Waals surface area (Å²) in [4.78, 5) is 16.1. The van der Waals surface area contributed by atoms with E-state index in [9.17, 15) is 4.79 Å². The lowest BCUT2D eigenvalue weighted by atomic mass is 10.2. The van der Waals surface area contributed by atoms with Crippen LogP contribution in [0.25, 0.3) is 0 Å². The monoisotopic (exact) mass is 428 g/mol. The number of nitrogens with zero attached hydrogens (tertiary/aromatic N) is 1. The van der Waals surface area contributed by atoms with Gasteiger partial charge in [0.25, 0.3) is 5.91 Å². The van der Waals surface area contributed by atoms with E-state index in [4.69, 9.17) is 0 Å². The first-order valence-electron chi connectivity index (χ1n) is 7.75. The Bertz CT molecular complexity index is 523. The summed E-state index contributed by atoms with van der Waals surface area (Å²) in [5.74, 6) is 0.795. The van der Waals surface area contributed by atoms with Gasteiger partial charge in [-0.25, -0.2) is 0 Å². The van der Waals surface area contributed by atoms with E-state index in [1.807, 2.05) is 30.3 Å². The minimum atomic E-state index is -0.0277. The summed E-state index contributed by atoms with van der Waals surface area (Å²) in [5, 5.41) is 9.56. The van der Waals surface area contributed by atoms with Crippen molar-refractivity contribution in [2.45, 2.75) is 25.3 Å².